The number of aldehydes is 1. The lowest BCUT2D eigenvalue weighted by Gasteiger charge is -2.36. The quantitative estimate of drug-likeness (QED) is 0.627. The number of hydrogen-bond donors (Lipinski definition) is 0. The van der Waals surface area contributed by atoms with E-state index >= 15 is 0 Å². The molecule has 14 heavy (non-hydrogen) atoms. The lowest BCUT2D eigenvalue weighted by molar-refractivity contribution is -0.108. The summed E-state index contributed by atoms with van der Waals surface area (Å²) in [4.78, 5) is 10.3. The monoisotopic (exact) mass is 196 g/mol. The molecule has 1 nitrogen and oxygen atoms in total. The first-order valence-electron chi connectivity index (χ1n) is 5.97. The van der Waals surface area contributed by atoms with Gasteiger partial charge >= 0.3 is 0 Å². The zero-order valence-corrected chi connectivity index (χ0v) is 9.88. The Morgan fingerprint density at radius 2 is 1.71 bits per heavy atom. The van der Waals surface area contributed by atoms with Gasteiger partial charge in [0.05, 0.1) is 0 Å². The summed E-state index contributed by atoms with van der Waals surface area (Å²) in [5.41, 5.74) is 0.482. The summed E-state index contributed by atoms with van der Waals surface area (Å²) in [6.45, 7) is 7.05. The van der Waals surface area contributed by atoms with Crippen LogP contribution in [-0.4, -0.2) is 6.29 Å². The third-order valence-corrected chi connectivity index (χ3v) is 3.76. The largest absolute Gasteiger partial charge is 0.303 e. The molecule has 0 saturated heterocycles. The van der Waals surface area contributed by atoms with E-state index in [1.165, 1.54) is 25.7 Å². The van der Waals surface area contributed by atoms with Crippen LogP contribution in [0.2, 0.25) is 0 Å². The molecule has 0 N–H and O–H groups in total. The second-order valence-corrected chi connectivity index (χ2v) is 5.83. The van der Waals surface area contributed by atoms with E-state index in [2.05, 4.69) is 20.8 Å². The average molecular weight is 196 g/mol. The summed E-state index contributed by atoms with van der Waals surface area (Å²) in [6.07, 6.45) is 8.38. The van der Waals surface area contributed by atoms with Crippen molar-refractivity contribution in [2.45, 2.75) is 59.3 Å². The second-order valence-electron chi connectivity index (χ2n) is 5.83. The van der Waals surface area contributed by atoms with Gasteiger partial charge in [-0.2, -0.15) is 0 Å². The Morgan fingerprint density at radius 3 is 2.14 bits per heavy atom. The highest BCUT2D eigenvalue weighted by molar-refractivity contribution is 5.49. The molecule has 82 valence electrons. The summed E-state index contributed by atoms with van der Waals surface area (Å²) in [5, 5.41) is 0. The Kier molecular flexibility index (Phi) is 4.15. The fraction of sp³-hybridized carbons (Fsp3) is 0.923. The van der Waals surface area contributed by atoms with E-state index in [0.29, 0.717) is 5.41 Å². The lowest BCUT2D eigenvalue weighted by Crippen LogP contribution is -2.25. The smallest absolute Gasteiger partial charge is 0.120 e. The van der Waals surface area contributed by atoms with Crippen LogP contribution in [0, 0.1) is 17.3 Å². The first-order chi connectivity index (χ1) is 6.54. The highest BCUT2D eigenvalue weighted by atomic mass is 16.1. The van der Waals surface area contributed by atoms with Gasteiger partial charge < -0.3 is 4.79 Å². The second kappa shape index (κ2) is 4.95. The zero-order chi connectivity index (χ0) is 10.6. The molecule has 0 heterocycles. The van der Waals surface area contributed by atoms with Crippen LogP contribution in [0.3, 0.4) is 0 Å². The van der Waals surface area contributed by atoms with Gasteiger partial charge in [0.15, 0.2) is 0 Å². The highest BCUT2D eigenvalue weighted by Crippen LogP contribution is 2.40. The Hall–Kier alpha value is -0.330. The van der Waals surface area contributed by atoms with Gasteiger partial charge in [-0.3, -0.25) is 0 Å². The van der Waals surface area contributed by atoms with E-state index in [9.17, 15) is 4.79 Å². The first-order valence-corrected chi connectivity index (χ1v) is 5.97. The van der Waals surface area contributed by atoms with Crippen LogP contribution < -0.4 is 0 Å². The Morgan fingerprint density at radius 1 is 1.14 bits per heavy atom. The summed E-state index contributed by atoms with van der Waals surface area (Å²) < 4.78 is 0. The van der Waals surface area contributed by atoms with Gasteiger partial charge in [0, 0.05) is 6.42 Å². The third kappa shape index (κ3) is 3.43. The van der Waals surface area contributed by atoms with Gasteiger partial charge in [-0.05, 0) is 36.5 Å². The van der Waals surface area contributed by atoms with Gasteiger partial charge in [-0.1, -0.05) is 33.6 Å². The summed E-state index contributed by atoms with van der Waals surface area (Å²) in [5.74, 6) is 1.73. The molecule has 1 rings (SSSR count). The molecule has 0 radical (unpaired) electrons. The maximum absolute atomic E-state index is 10.3. The van der Waals surface area contributed by atoms with Crippen molar-refractivity contribution < 1.29 is 4.79 Å². The van der Waals surface area contributed by atoms with Crippen LogP contribution in [0.5, 0.6) is 0 Å². The van der Waals surface area contributed by atoms with Crippen LogP contribution in [0.15, 0.2) is 0 Å². The fourth-order valence-electron chi connectivity index (χ4n) is 2.62. The fourth-order valence-corrected chi connectivity index (χ4v) is 2.62. The van der Waals surface area contributed by atoms with Crippen LogP contribution in [0.25, 0.3) is 0 Å². The maximum Gasteiger partial charge on any atom is 0.120 e. The number of rotatable bonds is 3. The predicted molar refractivity (Wildman–Crippen MR) is 60.2 cm³/mol. The number of carbonyl (C=O) groups excluding carboxylic acids is 1. The van der Waals surface area contributed by atoms with E-state index in [1.807, 2.05) is 0 Å². The molecule has 0 atom stereocenters. The molecule has 0 amide bonds. The number of hydrogen-bond acceptors (Lipinski definition) is 1. The van der Waals surface area contributed by atoms with E-state index < -0.39 is 0 Å². The standard InChI is InChI=1S/C13H24O/c1-13(2,3)12-8-6-11(7-9-12)5-4-10-14/h10-12H,4-9H2,1-3H3. The molecule has 0 bridgehead atoms. The van der Waals surface area contributed by atoms with Crippen molar-refractivity contribution in [3.05, 3.63) is 0 Å². The minimum atomic E-state index is 0.482. The Balaban J connectivity index is 2.27. The van der Waals surface area contributed by atoms with Gasteiger partial charge in [0.2, 0.25) is 0 Å². The van der Waals surface area contributed by atoms with Crippen LogP contribution in [0.4, 0.5) is 0 Å². The molecule has 1 aliphatic carbocycles. The van der Waals surface area contributed by atoms with Gasteiger partial charge in [-0.15, -0.1) is 0 Å². The lowest BCUT2D eigenvalue weighted by atomic mass is 9.69. The molecule has 0 unspecified atom stereocenters. The van der Waals surface area contributed by atoms with Gasteiger partial charge in [0.25, 0.3) is 0 Å². The Bertz CT molecular complexity index is 170. The van der Waals surface area contributed by atoms with Crippen molar-refractivity contribution in [3.8, 4) is 0 Å². The minimum Gasteiger partial charge on any atom is -0.303 e. The molecule has 1 aliphatic rings. The topological polar surface area (TPSA) is 17.1 Å². The zero-order valence-electron chi connectivity index (χ0n) is 9.88. The van der Waals surface area contributed by atoms with Crippen molar-refractivity contribution in [1.29, 1.82) is 0 Å². The van der Waals surface area contributed by atoms with E-state index in [1.54, 1.807) is 0 Å². The van der Waals surface area contributed by atoms with Gasteiger partial charge in [-0.25, -0.2) is 0 Å². The summed E-state index contributed by atoms with van der Waals surface area (Å²) >= 11 is 0. The van der Waals surface area contributed by atoms with E-state index in [0.717, 1.165) is 31.0 Å². The molecule has 0 aromatic rings. The number of carbonyl (C=O) groups is 1. The molecule has 0 aliphatic heterocycles. The predicted octanol–water partition coefficient (Wildman–Crippen LogP) is 3.82. The molecule has 1 saturated carbocycles. The highest BCUT2D eigenvalue weighted by Gasteiger charge is 2.29. The molecular weight excluding hydrogens is 172 g/mol. The third-order valence-electron chi connectivity index (χ3n) is 3.76. The Labute approximate surface area is 88.3 Å². The maximum atomic E-state index is 10.3. The first kappa shape index (κ1) is 11.7. The summed E-state index contributed by atoms with van der Waals surface area (Å²) in [6, 6.07) is 0. The van der Waals surface area contributed by atoms with Crippen molar-refractivity contribution in [1.82, 2.24) is 0 Å². The molecule has 1 fully saturated rings. The van der Waals surface area contributed by atoms with Crippen molar-refractivity contribution in [3.63, 3.8) is 0 Å². The normalized spacial score (nSPS) is 28.8. The molecule has 0 spiro atoms. The average Bonchev–Trinajstić information content (AvgIpc) is 2.14. The summed E-state index contributed by atoms with van der Waals surface area (Å²) in [7, 11) is 0. The van der Waals surface area contributed by atoms with Crippen molar-refractivity contribution >= 4 is 6.29 Å². The SMILES string of the molecule is CC(C)(C)C1CCC(CCC=O)CC1. The molecule has 0 aromatic carbocycles. The molecular formula is C13H24O. The van der Waals surface area contributed by atoms with Gasteiger partial charge in [0.1, 0.15) is 6.29 Å². The van der Waals surface area contributed by atoms with Crippen LogP contribution >= 0.6 is 0 Å². The van der Waals surface area contributed by atoms with Crippen molar-refractivity contribution in [2.75, 3.05) is 0 Å². The van der Waals surface area contributed by atoms with E-state index in [-0.39, 0.29) is 0 Å². The van der Waals surface area contributed by atoms with Crippen LogP contribution in [-0.2, 0) is 4.79 Å². The van der Waals surface area contributed by atoms with Crippen LogP contribution in [0.1, 0.15) is 59.3 Å². The molecule has 0 aromatic heterocycles. The molecule has 1 heteroatoms. The van der Waals surface area contributed by atoms with E-state index in [4.69, 9.17) is 0 Å². The van der Waals surface area contributed by atoms with Crippen molar-refractivity contribution in [2.24, 2.45) is 17.3 Å². The minimum absolute atomic E-state index is 0.482.